The van der Waals surface area contributed by atoms with E-state index in [-0.39, 0.29) is 28.1 Å². The molecule has 0 bridgehead atoms. The van der Waals surface area contributed by atoms with E-state index in [1.54, 1.807) is 0 Å². The summed E-state index contributed by atoms with van der Waals surface area (Å²) < 4.78 is 41.9. The van der Waals surface area contributed by atoms with Crippen LogP contribution < -0.4 is 11.2 Å². The Labute approximate surface area is 233 Å². The summed E-state index contributed by atoms with van der Waals surface area (Å²) in [5, 5.41) is 31.3. The number of fused-ring (bicyclic) bond motifs is 2. The van der Waals surface area contributed by atoms with Crippen LogP contribution in [-0.2, 0) is 36.1 Å². The molecule has 220 valence electrons. The second-order valence-corrected chi connectivity index (χ2v) is 12.2. The maximum Gasteiger partial charge on any atom is 0.325 e. The predicted octanol–water partition coefficient (Wildman–Crippen LogP) is -1.83. The van der Waals surface area contributed by atoms with Crippen LogP contribution >= 0.6 is 6.72 Å². The lowest BCUT2D eigenvalue weighted by Gasteiger charge is -2.28. The van der Waals surface area contributed by atoms with Gasteiger partial charge in [-0.2, -0.15) is 0 Å². The van der Waals surface area contributed by atoms with E-state index in [9.17, 15) is 25.0 Å². The number of hydrogen-bond acceptors (Lipinski definition) is 14. The van der Waals surface area contributed by atoms with Crippen LogP contribution in [0.2, 0.25) is 0 Å². The molecule has 4 aromatic rings. The smallest absolute Gasteiger partial charge is 0.325 e. The number of alkyl halides is 1. The van der Waals surface area contributed by atoms with Gasteiger partial charge >= 0.3 is 6.72 Å². The lowest BCUT2D eigenvalue weighted by atomic mass is 10.1. The van der Waals surface area contributed by atoms with E-state index < -0.39 is 69.1 Å². The second kappa shape index (κ2) is 10.4. The van der Waals surface area contributed by atoms with Gasteiger partial charge in [0.2, 0.25) is 11.2 Å². The van der Waals surface area contributed by atoms with Crippen LogP contribution in [0.4, 0.5) is 10.2 Å². The van der Waals surface area contributed by atoms with E-state index in [2.05, 4.69) is 19.9 Å². The SMILES string of the molecule is Nc1ncnc2c1ncn2[C@]1(F)CO[C@H](COP(O)(=S)O[C@@H]2[C@H](O)[C@@H](CO)O[C@H]2n2ccc(=O)c3nccn32)[C@H]1O. The molecule has 20 heteroatoms. The van der Waals surface area contributed by atoms with Crippen molar-refractivity contribution >= 4 is 41.2 Å². The van der Waals surface area contributed by atoms with Crippen molar-refractivity contribution in [2.45, 2.75) is 42.5 Å². The first-order valence-electron chi connectivity index (χ1n) is 12.1. The number of halogens is 1. The van der Waals surface area contributed by atoms with Gasteiger partial charge in [0.1, 0.15) is 49.0 Å². The van der Waals surface area contributed by atoms with Crippen LogP contribution in [0.15, 0.2) is 42.1 Å². The Morgan fingerprint density at radius 3 is 2.80 bits per heavy atom. The Morgan fingerprint density at radius 2 is 2.02 bits per heavy atom. The summed E-state index contributed by atoms with van der Waals surface area (Å²) in [5.74, 6) is -2.49. The van der Waals surface area contributed by atoms with E-state index in [0.717, 1.165) is 17.2 Å². The topological polar surface area (TPSA) is 227 Å². The average molecular weight is 615 g/mol. The number of hydrogen-bond donors (Lipinski definition) is 5. The number of nitrogen functional groups attached to an aromatic ring is 1. The monoisotopic (exact) mass is 614 g/mol. The molecule has 1 unspecified atom stereocenters. The second-order valence-electron chi connectivity index (χ2n) is 9.39. The number of rotatable bonds is 8. The van der Waals surface area contributed by atoms with Gasteiger partial charge in [-0.3, -0.25) is 18.6 Å². The summed E-state index contributed by atoms with van der Waals surface area (Å²) in [7, 11) is 0. The quantitative estimate of drug-likeness (QED) is 0.138. The van der Waals surface area contributed by atoms with Crippen molar-refractivity contribution in [1.29, 1.82) is 0 Å². The fourth-order valence-corrected chi connectivity index (χ4v) is 6.28. The van der Waals surface area contributed by atoms with E-state index in [1.807, 2.05) is 0 Å². The number of nitrogens with two attached hydrogens (primary N) is 1. The number of anilines is 1. The summed E-state index contributed by atoms with van der Waals surface area (Å²) in [6.45, 7) is -6.02. The predicted molar refractivity (Wildman–Crippen MR) is 138 cm³/mol. The van der Waals surface area contributed by atoms with Crippen molar-refractivity contribution in [2.75, 3.05) is 25.6 Å². The molecule has 0 aromatic carbocycles. The first-order valence-corrected chi connectivity index (χ1v) is 14.7. The molecular formula is C21H24FN8O9PS. The van der Waals surface area contributed by atoms with Crippen LogP contribution in [0.3, 0.4) is 0 Å². The minimum absolute atomic E-state index is 0.0273. The fraction of sp³-hybridized carbons (Fsp3) is 0.476. The van der Waals surface area contributed by atoms with Gasteiger partial charge in [0, 0.05) is 24.7 Å². The minimum Gasteiger partial charge on any atom is -0.394 e. The molecule has 6 rings (SSSR count). The summed E-state index contributed by atoms with van der Waals surface area (Å²) in [4.78, 5) is 38.8. The molecule has 6 heterocycles. The summed E-state index contributed by atoms with van der Waals surface area (Å²) >= 11 is 5.14. The minimum atomic E-state index is -4.21. The standard InChI is InChI=1S/C21H24FN8O9PS/c22-21(28-9-27-13-17(23)25-8-26-19(13)28)7-36-12(16(21)34)6-37-40(35,41)39-15-14(33)11(5-31)38-20(15)30-3-1-10(32)18-24-2-4-29(18)30/h1-4,8-9,11-12,14-16,20,31,33-34H,5-7H2,(H,35,41)(H2,23,25,26)/t11-,12-,14-,15-,16-,20-,21-,40?/m1/s1. The molecule has 0 radical (unpaired) electrons. The number of imidazole rings is 2. The van der Waals surface area contributed by atoms with Crippen molar-refractivity contribution in [3.8, 4) is 0 Å². The van der Waals surface area contributed by atoms with E-state index in [1.165, 1.54) is 33.9 Å². The number of nitrogens with zero attached hydrogens (tertiary/aromatic N) is 7. The van der Waals surface area contributed by atoms with Crippen LogP contribution in [0, 0.1) is 0 Å². The Balaban J connectivity index is 1.19. The summed E-state index contributed by atoms with van der Waals surface area (Å²) in [6.07, 6.45) is -1.85. The average Bonchev–Trinajstić information content (AvgIpc) is 3.72. The van der Waals surface area contributed by atoms with Crippen LogP contribution in [0.25, 0.3) is 16.8 Å². The Morgan fingerprint density at radius 1 is 1.22 bits per heavy atom. The Hall–Kier alpha value is -2.97. The molecule has 0 aliphatic carbocycles. The maximum atomic E-state index is 16.0. The maximum absolute atomic E-state index is 16.0. The lowest BCUT2D eigenvalue weighted by Crippen LogP contribution is -2.43. The number of ether oxygens (including phenoxy) is 2. The summed E-state index contributed by atoms with van der Waals surface area (Å²) in [6, 6.07) is 1.22. The fourth-order valence-electron chi connectivity index (χ4n) is 4.87. The number of aromatic nitrogens is 7. The summed E-state index contributed by atoms with van der Waals surface area (Å²) in [5.41, 5.74) is 5.61. The van der Waals surface area contributed by atoms with Gasteiger partial charge in [0.15, 0.2) is 23.3 Å². The zero-order valence-corrected chi connectivity index (χ0v) is 22.5. The van der Waals surface area contributed by atoms with Crippen molar-refractivity contribution in [2.24, 2.45) is 0 Å². The zero-order chi connectivity index (χ0) is 29.1. The Bertz CT molecular complexity index is 1700. The van der Waals surface area contributed by atoms with Crippen LogP contribution in [0.5, 0.6) is 0 Å². The Kier molecular flexibility index (Phi) is 7.13. The van der Waals surface area contributed by atoms with E-state index in [4.69, 9.17) is 36.1 Å². The molecule has 0 amide bonds. The molecular weight excluding hydrogens is 590 g/mol. The molecule has 17 nitrogen and oxygen atoms in total. The van der Waals surface area contributed by atoms with Gasteiger partial charge in [-0.15, -0.1) is 0 Å². The lowest BCUT2D eigenvalue weighted by molar-refractivity contribution is -0.0614. The van der Waals surface area contributed by atoms with Crippen molar-refractivity contribution in [1.82, 2.24) is 33.7 Å². The first-order chi connectivity index (χ1) is 19.5. The van der Waals surface area contributed by atoms with Crippen molar-refractivity contribution < 1.29 is 43.1 Å². The van der Waals surface area contributed by atoms with Gasteiger partial charge < -0.3 is 39.9 Å². The third-order valence-corrected chi connectivity index (χ3v) is 8.51. The number of aliphatic hydroxyl groups is 3. The van der Waals surface area contributed by atoms with Crippen LogP contribution in [0.1, 0.15) is 6.23 Å². The molecule has 0 spiro atoms. The van der Waals surface area contributed by atoms with Crippen molar-refractivity contribution in [3.63, 3.8) is 0 Å². The van der Waals surface area contributed by atoms with Gasteiger partial charge in [-0.05, 0) is 11.8 Å². The molecule has 2 fully saturated rings. The third-order valence-electron chi connectivity index (χ3n) is 6.95. The third kappa shape index (κ3) is 4.73. The van der Waals surface area contributed by atoms with E-state index in [0.29, 0.717) is 0 Å². The molecule has 4 aromatic heterocycles. The molecule has 41 heavy (non-hydrogen) atoms. The normalized spacial score (nSPS) is 31.7. The highest BCUT2D eigenvalue weighted by atomic mass is 32.5. The molecule has 2 saturated heterocycles. The highest BCUT2D eigenvalue weighted by molar-refractivity contribution is 8.07. The molecule has 2 aliphatic heterocycles. The first kappa shape index (κ1) is 28.2. The molecule has 0 saturated carbocycles. The van der Waals surface area contributed by atoms with Gasteiger partial charge in [-0.25, -0.2) is 28.8 Å². The largest absolute Gasteiger partial charge is 0.394 e. The van der Waals surface area contributed by atoms with Crippen molar-refractivity contribution in [3.05, 3.63) is 47.5 Å². The van der Waals surface area contributed by atoms with Gasteiger partial charge in [-0.1, -0.05) is 0 Å². The molecule has 2 aliphatic rings. The molecule has 6 N–H and O–H groups in total. The highest BCUT2D eigenvalue weighted by Gasteiger charge is 2.53. The molecule has 8 atom stereocenters. The number of aliphatic hydroxyl groups excluding tert-OH is 3. The van der Waals surface area contributed by atoms with Crippen LogP contribution in [-0.4, -0.2) is 104 Å². The zero-order valence-electron chi connectivity index (χ0n) is 20.8. The highest BCUT2D eigenvalue weighted by Crippen LogP contribution is 2.50. The van der Waals surface area contributed by atoms with E-state index >= 15 is 4.39 Å². The van der Waals surface area contributed by atoms with Gasteiger partial charge in [0.05, 0.1) is 19.5 Å². The van der Waals surface area contributed by atoms with Gasteiger partial charge in [0.25, 0.3) is 0 Å².